The third-order valence-corrected chi connectivity index (χ3v) is 17.7. The van der Waals surface area contributed by atoms with Crippen molar-refractivity contribution in [3.05, 3.63) is 97.2 Å². The number of esters is 2. The van der Waals surface area contributed by atoms with Crippen LogP contribution in [0.3, 0.4) is 0 Å². The summed E-state index contributed by atoms with van der Waals surface area (Å²) in [5, 5.41) is 0. The molecule has 2 atom stereocenters. The lowest BCUT2D eigenvalue weighted by Gasteiger charge is -2.19. The lowest BCUT2D eigenvalue weighted by Crippen LogP contribution is -2.29. The third-order valence-electron chi connectivity index (χ3n) is 16.7. The van der Waals surface area contributed by atoms with Crippen LogP contribution >= 0.6 is 7.82 Å². The van der Waals surface area contributed by atoms with Gasteiger partial charge < -0.3 is 20.1 Å². The SMILES string of the molecule is CC/C=C\C/C=C\C/C=C\C/C=C\C/C=C\C/C=C\C/C=C\C/C=C\CCCCCCCCCCCCCCC(=O)OC(COC(=O)CCCCCCCCCCCCCCCCCCCCCCCCCCCCCCCCCC)COP(=O)(O)OCCN. The van der Waals surface area contributed by atoms with Crippen LogP contribution in [0.1, 0.15) is 367 Å². The second kappa shape index (κ2) is 75.0. The van der Waals surface area contributed by atoms with E-state index in [0.717, 1.165) is 89.9 Å². The van der Waals surface area contributed by atoms with Crippen LogP contribution < -0.4 is 5.73 Å². The Balaban J connectivity index is 3.85. The van der Waals surface area contributed by atoms with E-state index in [-0.39, 0.29) is 38.6 Å². The molecule has 0 radical (unpaired) electrons. The van der Waals surface area contributed by atoms with Gasteiger partial charge in [-0.15, -0.1) is 0 Å². The third kappa shape index (κ3) is 74.0. The Hall–Kier alpha value is -3.07. The molecule has 0 saturated heterocycles. The van der Waals surface area contributed by atoms with E-state index in [4.69, 9.17) is 24.3 Å². The topological polar surface area (TPSA) is 134 Å². The molecule has 0 fully saturated rings. The van der Waals surface area contributed by atoms with Crippen LogP contribution in [0.25, 0.3) is 0 Å². The van der Waals surface area contributed by atoms with Crippen LogP contribution in [0.4, 0.5) is 0 Å². The van der Waals surface area contributed by atoms with Gasteiger partial charge in [0.1, 0.15) is 6.61 Å². The van der Waals surface area contributed by atoms with Crippen LogP contribution in [-0.4, -0.2) is 49.3 Å². The Morgan fingerprint density at radius 2 is 0.611 bits per heavy atom. The first-order valence-electron chi connectivity index (χ1n) is 38.2. The quantitative estimate of drug-likeness (QED) is 0.0264. The average molecular weight is 1280 g/mol. The minimum Gasteiger partial charge on any atom is -0.462 e. The van der Waals surface area contributed by atoms with Gasteiger partial charge in [-0.25, -0.2) is 4.57 Å². The van der Waals surface area contributed by atoms with Crippen molar-refractivity contribution < 1.29 is 37.6 Å². The molecule has 0 amide bonds. The first-order valence-corrected chi connectivity index (χ1v) is 39.7. The van der Waals surface area contributed by atoms with Crippen molar-refractivity contribution in [2.24, 2.45) is 5.73 Å². The fourth-order valence-electron chi connectivity index (χ4n) is 11.1. The van der Waals surface area contributed by atoms with Gasteiger partial charge >= 0.3 is 19.8 Å². The number of rotatable bonds is 72. The summed E-state index contributed by atoms with van der Waals surface area (Å²) in [6.07, 6.45) is 102. The second-order valence-corrected chi connectivity index (χ2v) is 27.0. The summed E-state index contributed by atoms with van der Waals surface area (Å²) in [6.45, 7) is 3.68. The number of phosphoric acid groups is 1. The Labute approximate surface area is 557 Å². The number of carbonyl (C=O) groups excluding carboxylic acids is 2. The Morgan fingerprint density at radius 3 is 0.911 bits per heavy atom. The highest BCUT2D eigenvalue weighted by molar-refractivity contribution is 7.47. The zero-order valence-corrected chi connectivity index (χ0v) is 59.8. The summed E-state index contributed by atoms with van der Waals surface area (Å²) in [7, 11) is -4.40. The number of phosphoric ester groups is 1. The molecule has 0 aromatic rings. The molecule has 522 valence electrons. The monoisotopic (exact) mass is 1280 g/mol. The van der Waals surface area contributed by atoms with Gasteiger partial charge in [0.2, 0.25) is 0 Å². The van der Waals surface area contributed by atoms with Crippen molar-refractivity contribution in [3.8, 4) is 0 Å². The maximum atomic E-state index is 12.8. The molecule has 0 aromatic carbocycles. The summed E-state index contributed by atoms with van der Waals surface area (Å²) in [5.41, 5.74) is 5.41. The van der Waals surface area contributed by atoms with E-state index < -0.39 is 26.5 Å². The molecule has 0 heterocycles. The van der Waals surface area contributed by atoms with Gasteiger partial charge in [-0.1, -0.05) is 374 Å². The van der Waals surface area contributed by atoms with Crippen molar-refractivity contribution >= 4 is 19.8 Å². The molecule has 0 bridgehead atoms. The minimum absolute atomic E-state index is 0.0516. The number of nitrogens with two attached hydrogens (primary N) is 1. The van der Waals surface area contributed by atoms with Crippen molar-refractivity contribution in [2.75, 3.05) is 26.4 Å². The number of carbonyl (C=O) groups is 2. The van der Waals surface area contributed by atoms with Gasteiger partial charge in [0.05, 0.1) is 13.2 Å². The van der Waals surface area contributed by atoms with E-state index in [2.05, 4.69) is 111 Å². The zero-order chi connectivity index (χ0) is 65.1. The van der Waals surface area contributed by atoms with Gasteiger partial charge in [-0.2, -0.15) is 0 Å². The van der Waals surface area contributed by atoms with Crippen molar-refractivity contribution in [2.45, 2.75) is 373 Å². The Kier molecular flexibility index (Phi) is 72.4. The van der Waals surface area contributed by atoms with Crippen LogP contribution in [0.2, 0.25) is 0 Å². The fraction of sp³-hybridized carbons (Fsp3) is 0.775. The summed E-state index contributed by atoms with van der Waals surface area (Å²) in [4.78, 5) is 35.4. The molecule has 0 aromatic heterocycles. The smallest absolute Gasteiger partial charge is 0.462 e. The molecule has 90 heavy (non-hydrogen) atoms. The van der Waals surface area contributed by atoms with E-state index in [9.17, 15) is 19.0 Å². The molecule has 0 spiro atoms. The molecule has 9 nitrogen and oxygen atoms in total. The number of ether oxygens (including phenoxy) is 2. The van der Waals surface area contributed by atoms with Crippen LogP contribution in [-0.2, 0) is 32.7 Å². The van der Waals surface area contributed by atoms with E-state index >= 15 is 0 Å². The van der Waals surface area contributed by atoms with Crippen LogP contribution in [0.15, 0.2) is 97.2 Å². The first-order chi connectivity index (χ1) is 44.3. The van der Waals surface area contributed by atoms with E-state index in [1.807, 2.05) is 0 Å². The van der Waals surface area contributed by atoms with Gasteiger partial charge in [-0.05, 0) is 77.0 Å². The van der Waals surface area contributed by atoms with Gasteiger partial charge in [-0.3, -0.25) is 18.6 Å². The van der Waals surface area contributed by atoms with Crippen LogP contribution in [0.5, 0.6) is 0 Å². The molecular weight excluding hydrogens is 1130 g/mol. The van der Waals surface area contributed by atoms with Gasteiger partial charge in [0, 0.05) is 19.4 Å². The number of hydrogen-bond donors (Lipinski definition) is 2. The molecule has 0 aliphatic heterocycles. The van der Waals surface area contributed by atoms with Gasteiger partial charge in [0.15, 0.2) is 6.10 Å². The molecule has 2 unspecified atom stereocenters. The maximum absolute atomic E-state index is 12.8. The summed E-state index contributed by atoms with van der Waals surface area (Å²) >= 11 is 0. The second-order valence-electron chi connectivity index (χ2n) is 25.5. The highest BCUT2D eigenvalue weighted by atomic mass is 31.2. The molecular formula is C80H144NO8P. The predicted molar refractivity (Wildman–Crippen MR) is 390 cm³/mol. The molecule has 3 N–H and O–H groups in total. The largest absolute Gasteiger partial charge is 0.472 e. The molecule has 10 heteroatoms. The highest BCUT2D eigenvalue weighted by Crippen LogP contribution is 2.43. The van der Waals surface area contributed by atoms with Crippen LogP contribution in [0, 0.1) is 0 Å². The van der Waals surface area contributed by atoms with E-state index in [1.54, 1.807) is 0 Å². The Morgan fingerprint density at radius 1 is 0.344 bits per heavy atom. The summed E-state index contributed by atoms with van der Waals surface area (Å²) in [5.74, 6) is -0.816. The van der Waals surface area contributed by atoms with Gasteiger partial charge in [0.25, 0.3) is 0 Å². The lowest BCUT2D eigenvalue weighted by molar-refractivity contribution is -0.161. The normalized spacial score (nSPS) is 13.4. The standard InChI is InChI=1S/C80H144NO8P/c1-3-5-7-9-11-13-15-17-19-21-23-25-27-29-31-33-35-37-38-39-40-41-43-45-47-49-51-53-55-57-59-61-63-65-67-69-71-73-80(83)89-78(77-88-90(84,85)87-75-74-81)76-86-79(82)72-70-68-66-64-62-60-58-56-54-52-50-48-46-44-42-36-34-32-30-28-26-24-22-20-18-16-14-12-10-8-6-4-2/h5,7,11,13,17,19,23,25,29,31,35,37,39-40,43,45,78H,3-4,6,8-10,12,14-16,18,20-22,24,26-28,30,32-34,36,38,41-42,44,46-77,81H2,1-2H3,(H,84,85)/b7-5-,13-11-,19-17-,25-23-,31-29-,37-35-,40-39-,45-43-. The van der Waals surface area contributed by atoms with E-state index in [0.29, 0.717) is 6.42 Å². The van der Waals surface area contributed by atoms with Crippen molar-refractivity contribution in [1.29, 1.82) is 0 Å². The molecule has 0 saturated carbocycles. The summed E-state index contributed by atoms with van der Waals surface area (Å²) < 4.78 is 33.2. The fourth-order valence-corrected chi connectivity index (χ4v) is 11.9. The van der Waals surface area contributed by atoms with Crippen molar-refractivity contribution in [3.63, 3.8) is 0 Å². The number of unbranched alkanes of at least 4 members (excludes halogenated alkanes) is 43. The lowest BCUT2D eigenvalue weighted by atomic mass is 10.0. The summed E-state index contributed by atoms with van der Waals surface area (Å²) in [6, 6.07) is 0. The number of hydrogen-bond acceptors (Lipinski definition) is 8. The zero-order valence-electron chi connectivity index (χ0n) is 58.9. The number of allylic oxidation sites excluding steroid dienone is 16. The minimum atomic E-state index is -4.40. The Bertz CT molecular complexity index is 1800. The first kappa shape index (κ1) is 86.9. The highest BCUT2D eigenvalue weighted by Gasteiger charge is 2.26. The van der Waals surface area contributed by atoms with Crippen molar-refractivity contribution in [1.82, 2.24) is 0 Å². The molecule has 0 aliphatic carbocycles. The van der Waals surface area contributed by atoms with E-state index in [1.165, 1.54) is 244 Å². The maximum Gasteiger partial charge on any atom is 0.472 e. The molecule has 0 aliphatic rings. The molecule has 0 rings (SSSR count). The predicted octanol–water partition coefficient (Wildman–Crippen LogP) is 25.5. The average Bonchev–Trinajstić information content (AvgIpc) is 3.75.